The molecule has 34 heavy (non-hydrogen) atoms. The molecule has 1 fully saturated rings. The van der Waals surface area contributed by atoms with Crippen LogP contribution in [0, 0.1) is 23.5 Å². The fraction of sp³-hybridized carbons (Fsp3) is 0.304. The first kappa shape index (κ1) is 23.0. The van der Waals surface area contributed by atoms with E-state index < -0.39 is 17.5 Å². The summed E-state index contributed by atoms with van der Waals surface area (Å²) in [5, 5.41) is 7.35. The number of benzene rings is 1. The lowest BCUT2D eigenvalue weighted by Gasteiger charge is -2.16. The van der Waals surface area contributed by atoms with Gasteiger partial charge in [0.05, 0.1) is 23.4 Å². The van der Waals surface area contributed by atoms with Gasteiger partial charge in [-0.05, 0) is 31.4 Å². The Bertz CT molecular complexity index is 1380. The van der Waals surface area contributed by atoms with Gasteiger partial charge in [-0.1, -0.05) is 12.5 Å². The number of rotatable bonds is 5. The Labute approximate surface area is 194 Å². The average molecular weight is 467 g/mol. The molecule has 1 aliphatic rings. The molecule has 1 atom stereocenters. The van der Waals surface area contributed by atoms with Gasteiger partial charge in [-0.15, -0.1) is 0 Å². The van der Waals surface area contributed by atoms with Crippen molar-refractivity contribution in [1.82, 2.24) is 24.2 Å². The first-order chi connectivity index (χ1) is 16.3. The Balaban J connectivity index is 1.77. The first-order valence-electron chi connectivity index (χ1n) is 10.7. The predicted molar refractivity (Wildman–Crippen MR) is 122 cm³/mol. The predicted octanol–water partition coefficient (Wildman–Crippen LogP) is 2.03. The molecule has 0 radical (unpaired) electrons. The topological polar surface area (TPSA) is 111 Å². The Morgan fingerprint density at radius 2 is 2.12 bits per heavy atom. The van der Waals surface area contributed by atoms with E-state index >= 15 is 0 Å². The number of anilines is 1. The number of likely N-dealkylation sites (tertiary alicyclic amines) is 1. The van der Waals surface area contributed by atoms with Crippen LogP contribution in [0.1, 0.15) is 41.0 Å². The quantitative estimate of drug-likeness (QED) is 0.441. The summed E-state index contributed by atoms with van der Waals surface area (Å²) in [6.07, 6.45) is 3.26. The maximum Gasteiger partial charge on any atom is 0.255 e. The zero-order valence-electron chi connectivity index (χ0n) is 18.7. The van der Waals surface area contributed by atoms with E-state index in [0.717, 1.165) is 0 Å². The molecule has 3 heterocycles. The van der Waals surface area contributed by atoms with Crippen LogP contribution in [0.15, 0.2) is 25.0 Å². The second kappa shape index (κ2) is 8.97. The standard InChI is InChI=1S/C23H23F2N7O2/c1-4-17(33)31-9-8-14(11-31)32-23(27-3)18(22(26)34)15(29-32)7-6-13-10-16-21(20(25)19(13)24)30(5-2)12-28-16/h4,10,12,14,27H,1,5,8-9,11H2,2-3H3,(H2,26,34)/t14-/m0/s1. The molecule has 0 spiro atoms. The molecule has 176 valence electrons. The molecular weight excluding hydrogens is 444 g/mol. The number of aromatic nitrogens is 4. The third-order valence-corrected chi connectivity index (χ3v) is 5.83. The van der Waals surface area contributed by atoms with Gasteiger partial charge in [-0.25, -0.2) is 18.4 Å². The van der Waals surface area contributed by atoms with Crippen molar-refractivity contribution in [3.05, 3.63) is 53.5 Å². The van der Waals surface area contributed by atoms with Crippen LogP contribution < -0.4 is 11.1 Å². The lowest BCUT2D eigenvalue weighted by Crippen LogP contribution is -2.27. The largest absolute Gasteiger partial charge is 0.373 e. The molecule has 0 bridgehead atoms. The van der Waals surface area contributed by atoms with Crippen molar-refractivity contribution >= 4 is 28.7 Å². The summed E-state index contributed by atoms with van der Waals surface area (Å²) in [5.74, 6) is 2.44. The van der Waals surface area contributed by atoms with Crippen LogP contribution in [-0.4, -0.2) is 56.2 Å². The minimum atomic E-state index is -1.11. The number of nitrogens with one attached hydrogen (secondary N) is 1. The van der Waals surface area contributed by atoms with Gasteiger partial charge in [0.1, 0.15) is 16.9 Å². The van der Waals surface area contributed by atoms with Crippen LogP contribution in [0.3, 0.4) is 0 Å². The van der Waals surface area contributed by atoms with Crippen molar-refractivity contribution in [3.8, 4) is 11.8 Å². The lowest BCUT2D eigenvalue weighted by atomic mass is 10.1. The Morgan fingerprint density at radius 1 is 1.35 bits per heavy atom. The van der Waals surface area contributed by atoms with Crippen molar-refractivity contribution in [1.29, 1.82) is 0 Å². The van der Waals surface area contributed by atoms with Crippen molar-refractivity contribution in [2.75, 3.05) is 25.5 Å². The smallest absolute Gasteiger partial charge is 0.255 e. The van der Waals surface area contributed by atoms with E-state index in [0.29, 0.717) is 31.9 Å². The van der Waals surface area contributed by atoms with E-state index in [1.807, 2.05) is 0 Å². The van der Waals surface area contributed by atoms with E-state index in [4.69, 9.17) is 5.73 Å². The number of halogens is 2. The zero-order chi connectivity index (χ0) is 24.6. The highest BCUT2D eigenvalue weighted by molar-refractivity contribution is 6.00. The van der Waals surface area contributed by atoms with Gasteiger partial charge in [0.25, 0.3) is 5.91 Å². The van der Waals surface area contributed by atoms with Crippen LogP contribution >= 0.6 is 0 Å². The van der Waals surface area contributed by atoms with E-state index in [9.17, 15) is 18.4 Å². The molecule has 11 heteroatoms. The number of aryl methyl sites for hydroxylation is 1. The summed E-state index contributed by atoms with van der Waals surface area (Å²) in [5.41, 5.74) is 5.74. The minimum Gasteiger partial charge on any atom is -0.373 e. The lowest BCUT2D eigenvalue weighted by molar-refractivity contribution is -0.125. The number of nitrogens with two attached hydrogens (primary N) is 1. The maximum atomic E-state index is 14.7. The molecular formula is C23H23F2N7O2. The normalized spacial score (nSPS) is 15.3. The summed E-state index contributed by atoms with van der Waals surface area (Å²) in [7, 11) is 1.60. The second-order valence-electron chi connectivity index (χ2n) is 7.76. The first-order valence-corrected chi connectivity index (χ1v) is 10.7. The summed E-state index contributed by atoms with van der Waals surface area (Å²) >= 11 is 0. The van der Waals surface area contributed by atoms with Gasteiger partial charge in [0, 0.05) is 26.7 Å². The molecule has 3 aromatic rings. The van der Waals surface area contributed by atoms with Gasteiger partial charge >= 0.3 is 0 Å². The number of imidazole rings is 1. The van der Waals surface area contributed by atoms with E-state index in [1.165, 1.54) is 23.0 Å². The number of primary amides is 1. The van der Waals surface area contributed by atoms with Crippen molar-refractivity contribution in [2.24, 2.45) is 5.73 Å². The van der Waals surface area contributed by atoms with E-state index in [1.54, 1.807) is 23.6 Å². The number of amides is 2. The number of carbonyl (C=O) groups excluding carboxylic acids is 2. The average Bonchev–Trinajstić information content (AvgIpc) is 3.55. The SMILES string of the molecule is C=CC(=O)N1CC[C@H](n2nc(C#Cc3cc4ncn(CC)c4c(F)c3F)c(C(N)=O)c2NC)C1. The molecule has 0 aliphatic carbocycles. The molecule has 0 unspecified atom stereocenters. The summed E-state index contributed by atoms with van der Waals surface area (Å²) in [6, 6.07) is 1.12. The Hall–Kier alpha value is -4.20. The fourth-order valence-corrected chi connectivity index (χ4v) is 4.15. The Kier molecular flexibility index (Phi) is 6.06. The fourth-order valence-electron chi connectivity index (χ4n) is 4.15. The highest BCUT2D eigenvalue weighted by Crippen LogP contribution is 2.29. The van der Waals surface area contributed by atoms with E-state index in [2.05, 4.69) is 33.8 Å². The molecule has 4 rings (SSSR count). The van der Waals surface area contributed by atoms with Gasteiger partial charge < -0.3 is 20.5 Å². The van der Waals surface area contributed by atoms with Crippen LogP contribution in [0.25, 0.3) is 11.0 Å². The minimum absolute atomic E-state index is 0.0179. The second-order valence-corrected chi connectivity index (χ2v) is 7.76. The highest BCUT2D eigenvalue weighted by Gasteiger charge is 2.31. The maximum absolute atomic E-state index is 14.7. The molecule has 1 aliphatic heterocycles. The van der Waals surface area contributed by atoms with E-state index in [-0.39, 0.29) is 39.8 Å². The van der Waals surface area contributed by atoms with Crippen LogP contribution in [-0.2, 0) is 11.3 Å². The highest BCUT2D eigenvalue weighted by atomic mass is 19.2. The molecule has 0 saturated carbocycles. The molecule has 9 nitrogen and oxygen atoms in total. The zero-order valence-corrected chi connectivity index (χ0v) is 18.7. The van der Waals surface area contributed by atoms with Gasteiger partial charge in [-0.2, -0.15) is 5.10 Å². The number of carbonyl (C=O) groups is 2. The summed E-state index contributed by atoms with van der Waals surface area (Å²) in [6.45, 7) is 6.59. The third kappa shape index (κ3) is 3.77. The van der Waals surface area contributed by atoms with Crippen molar-refractivity contribution in [2.45, 2.75) is 25.9 Å². The third-order valence-electron chi connectivity index (χ3n) is 5.83. The Morgan fingerprint density at radius 3 is 2.76 bits per heavy atom. The van der Waals surface area contributed by atoms with Gasteiger partial charge in [0.15, 0.2) is 17.3 Å². The number of hydrogen-bond acceptors (Lipinski definition) is 5. The number of hydrogen-bond donors (Lipinski definition) is 2. The molecule has 1 saturated heterocycles. The van der Waals surface area contributed by atoms with Crippen LogP contribution in [0.4, 0.5) is 14.6 Å². The molecule has 1 aromatic carbocycles. The van der Waals surface area contributed by atoms with Crippen molar-refractivity contribution in [3.63, 3.8) is 0 Å². The van der Waals surface area contributed by atoms with Gasteiger partial charge in [0.2, 0.25) is 5.91 Å². The van der Waals surface area contributed by atoms with Gasteiger partial charge in [-0.3, -0.25) is 9.59 Å². The molecule has 2 aromatic heterocycles. The molecule has 3 N–H and O–H groups in total. The summed E-state index contributed by atoms with van der Waals surface area (Å²) in [4.78, 5) is 29.9. The van der Waals surface area contributed by atoms with Crippen LogP contribution in [0.5, 0.6) is 0 Å². The monoisotopic (exact) mass is 467 g/mol. The number of fused-ring (bicyclic) bond motifs is 1. The summed E-state index contributed by atoms with van der Waals surface area (Å²) < 4.78 is 32.5. The van der Waals surface area contributed by atoms with Crippen molar-refractivity contribution < 1.29 is 18.4 Å². The molecule has 2 amide bonds. The van der Waals surface area contributed by atoms with Crippen LogP contribution in [0.2, 0.25) is 0 Å². The number of nitrogens with zero attached hydrogens (tertiary/aromatic N) is 5.